The number of halogens is 3. The average Bonchev–Trinajstić information content (AvgIpc) is 3.27. The van der Waals surface area contributed by atoms with Crippen LogP contribution < -0.4 is 9.46 Å². The van der Waals surface area contributed by atoms with Gasteiger partial charge in [0, 0.05) is 17.0 Å². The number of nitrogens with one attached hydrogen (secondary N) is 2. The Labute approximate surface area is 196 Å². The van der Waals surface area contributed by atoms with E-state index in [1.165, 1.54) is 13.0 Å². The first kappa shape index (κ1) is 21.9. The largest absolute Gasteiger partial charge is 0.457 e. The molecular weight excluding hydrogens is 505 g/mol. The van der Waals surface area contributed by atoms with Gasteiger partial charge in [0.25, 0.3) is 15.9 Å². The summed E-state index contributed by atoms with van der Waals surface area (Å²) >= 11 is 18.4. The number of ether oxygens (including phenoxy) is 1. The number of H-pyrrole nitrogens is 1. The van der Waals surface area contributed by atoms with Crippen LogP contribution in [0.15, 0.2) is 46.7 Å². The van der Waals surface area contributed by atoms with Crippen LogP contribution in [0.25, 0.3) is 10.9 Å². The smallest absolute Gasteiger partial charge is 0.281 e. The molecule has 0 atom stereocenters. The van der Waals surface area contributed by atoms with E-state index in [2.05, 4.69) is 9.97 Å². The van der Waals surface area contributed by atoms with Gasteiger partial charge in [0.1, 0.15) is 17.2 Å². The number of amides is 1. The summed E-state index contributed by atoms with van der Waals surface area (Å²) in [4.78, 5) is 19.3. The molecule has 2 aromatic heterocycles. The average molecular weight is 517 g/mol. The summed E-state index contributed by atoms with van der Waals surface area (Å²) in [6.45, 7) is 1.50. The Morgan fingerprint density at radius 2 is 1.77 bits per heavy atom. The van der Waals surface area contributed by atoms with Crippen LogP contribution in [-0.4, -0.2) is 24.3 Å². The van der Waals surface area contributed by atoms with Gasteiger partial charge in [-0.3, -0.25) is 4.79 Å². The number of benzene rings is 2. The third-order valence-corrected chi connectivity index (χ3v) is 8.10. The SMILES string of the molecule is Cc1nc(Cl)sc1S(=O)(=O)NC(=O)c1cc2cc(Oc3ccc(Cl)c(Cl)c3)ccc2[nH]1. The molecule has 0 unspecified atom stereocenters. The number of aromatic nitrogens is 2. The predicted octanol–water partition coefficient (Wildman–Crippen LogP) is 5.80. The Kier molecular flexibility index (Phi) is 5.89. The number of nitrogens with zero attached hydrogens (tertiary/aromatic N) is 1. The fourth-order valence-corrected chi connectivity index (χ4v) is 5.79. The molecule has 0 spiro atoms. The quantitative estimate of drug-likeness (QED) is 0.349. The number of aryl methyl sites for hydroxylation is 1. The first-order valence-electron chi connectivity index (χ1n) is 8.58. The van der Waals surface area contributed by atoms with E-state index in [1.807, 2.05) is 4.72 Å². The zero-order valence-corrected chi connectivity index (χ0v) is 19.5. The van der Waals surface area contributed by atoms with Crippen molar-refractivity contribution in [2.24, 2.45) is 0 Å². The van der Waals surface area contributed by atoms with Crippen molar-refractivity contribution in [2.75, 3.05) is 0 Å². The fourth-order valence-electron chi connectivity index (χ4n) is 2.80. The second kappa shape index (κ2) is 8.33. The Morgan fingerprint density at radius 3 is 2.45 bits per heavy atom. The van der Waals surface area contributed by atoms with Gasteiger partial charge in [-0.1, -0.05) is 46.1 Å². The summed E-state index contributed by atoms with van der Waals surface area (Å²) in [6, 6.07) is 11.5. The van der Waals surface area contributed by atoms with Crippen molar-refractivity contribution in [3.05, 3.63) is 68.4 Å². The molecule has 2 N–H and O–H groups in total. The van der Waals surface area contributed by atoms with Crippen molar-refractivity contribution in [1.29, 1.82) is 0 Å². The Bertz CT molecular complexity index is 1430. The van der Waals surface area contributed by atoms with Crippen molar-refractivity contribution < 1.29 is 17.9 Å². The molecule has 0 fully saturated rings. The number of carbonyl (C=O) groups is 1. The van der Waals surface area contributed by atoms with Gasteiger partial charge in [0.15, 0.2) is 8.68 Å². The molecule has 0 saturated heterocycles. The van der Waals surface area contributed by atoms with E-state index >= 15 is 0 Å². The van der Waals surface area contributed by atoms with Crippen LogP contribution in [0.2, 0.25) is 14.5 Å². The molecule has 0 saturated carbocycles. The van der Waals surface area contributed by atoms with Crippen molar-refractivity contribution in [3.8, 4) is 11.5 Å². The van der Waals surface area contributed by atoms with Gasteiger partial charge in [-0.05, 0) is 43.3 Å². The maximum Gasteiger partial charge on any atom is 0.281 e. The third kappa shape index (κ3) is 4.65. The van der Waals surface area contributed by atoms with Crippen LogP contribution in [-0.2, 0) is 10.0 Å². The first-order chi connectivity index (χ1) is 14.6. The lowest BCUT2D eigenvalue weighted by atomic mass is 10.2. The lowest BCUT2D eigenvalue weighted by molar-refractivity contribution is 0.0977. The molecule has 2 aromatic carbocycles. The summed E-state index contributed by atoms with van der Waals surface area (Å²) < 4.78 is 32.8. The number of hydrogen-bond acceptors (Lipinski definition) is 6. The first-order valence-corrected chi connectivity index (χ1v) is 12.0. The van der Waals surface area contributed by atoms with E-state index in [9.17, 15) is 13.2 Å². The highest BCUT2D eigenvalue weighted by Crippen LogP contribution is 2.31. The monoisotopic (exact) mass is 515 g/mol. The fraction of sp³-hybridized carbons (Fsp3) is 0.0526. The molecular formula is C19H12Cl3N3O4S2. The van der Waals surface area contributed by atoms with E-state index in [1.54, 1.807) is 36.4 Å². The maximum absolute atomic E-state index is 12.5. The lowest BCUT2D eigenvalue weighted by Gasteiger charge is -2.06. The summed E-state index contributed by atoms with van der Waals surface area (Å²) in [7, 11) is -4.11. The zero-order chi connectivity index (χ0) is 22.3. The second-order valence-electron chi connectivity index (χ2n) is 6.38. The number of hydrogen-bond donors (Lipinski definition) is 2. The topological polar surface area (TPSA) is 101 Å². The molecule has 1 amide bonds. The number of rotatable bonds is 5. The van der Waals surface area contributed by atoms with E-state index in [4.69, 9.17) is 39.5 Å². The molecule has 2 heterocycles. The highest BCUT2D eigenvalue weighted by atomic mass is 35.5. The number of sulfonamides is 1. The van der Waals surface area contributed by atoms with Gasteiger partial charge < -0.3 is 9.72 Å². The predicted molar refractivity (Wildman–Crippen MR) is 121 cm³/mol. The molecule has 4 aromatic rings. The lowest BCUT2D eigenvalue weighted by Crippen LogP contribution is -2.30. The molecule has 7 nitrogen and oxygen atoms in total. The van der Waals surface area contributed by atoms with Gasteiger partial charge in [-0.2, -0.15) is 0 Å². The number of thiazole rings is 1. The van der Waals surface area contributed by atoms with Crippen LogP contribution in [0.4, 0.5) is 0 Å². The number of fused-ring (bicyclic) bond motifs is 1. The minimum atomic E-state index is -4.11. The Hall–Kier alpha value is -2.30. The molecule has 0 aliphatic rings. The van der Waals surface area contributed by atoms with Crippen molar-refractivity contribution >= 4 is 73.0 Å². The highest BCUT2D eigenvalue weighted by molar-refractivity contribution is 7.92. The molecule has 12 heteroatoms. The summed E-state index contributed by atoms with van der Waals surface area (Å²) in [5.74, 6) is 0.179. The number of aromatic amines is 1. The van der Waals surface area contributed by atoms with Crippen molar-refractivity contribution in [1.82, 2.24) is 14.7 Å². The van der Waals surface area contributed by atoms with Gasteiger partial charge in [0.2, 0.25) is 0 Å². The third-order valence-electron chi connectivity index (χ3n) is 4.16. The summed E-state index contributed by atoms with van der Waals surface area (Å²) in [5, 5.41) is 1.42. The van der Waals surface area contributed by atoms with Crippen LogP contribution >= 0.6 is 46.1 Å². The van der Waals surface area contributed by atoms with Gasteiger partial charge in [-0.15, -0.1) is 0 Å². The van der Waals surface area contributed by atoms with Gasteiger partial charge in [0.05, 0.1) is 15.7 Å². The molecule has 31 heavy (non-hydrogen) atoms. The van der Waals surface area contributed by atoms with Crippen LogP contribution in [0, 0.1) is 6.92 Å². The van der Waals surface area contributed by atoms with Crippen LogP contribution in [0.5, 0.6) is 11.5 Å². The van der Waals surface area contributed by atoms with E-state index in [0.29, 0.717) is 32.4 Å². The van der Waals surface area contributed by atoms with Gasteiger partial charge >= 0.3 is 0 Å². The van der Waals surface area contributed by atoms with E-state index in [0.717, 1.165) is 11.3 Å². The molecule has 0 radical (unpaired) electrons. The zero-order valence-electron chi connectivity index (χ0n) is 15.6. The standard InChI is InChI=1S/C19H12Cl3N3O4S2/c1-9-18(30-19(22)23-9)31(27,28)25-17(26)16-7-10-6-11(3-5-15(10)24-16)29-12-2-4-13(20)14(21)8-12/h2-8,24H,1H3,(H,25,26). The van der Waals surface area contributed by atoms with E-state index in [-0.39, 0.29) is 20.1 Å². The molecule has 0 bridgehead atoms. The minimum Gasteiger partial charge on any atom is -0.457 e. The molecule has 4 rings (SSSR count). The highest BCUT2D eigenvalue weighted by Gasteiger charge is 2.25. The maximum atomic E-state index is 12.5. The Morgan fingerprint density at radius 1 is 1.06 bits per heavy atom. The molecule has 0 aliphatic carbocycles. The molecule has 160 valence electrons. The summed E-state index contributed by atoms with van der Waals surface area (Å²) in [6.07, 6.45) is 0. The van der Waals surface area contributed by atoms with Crippen LogP contribution in [0.3, 0.4) is 0 Å². The minimum absolute atomic E-state index is 0.0681. The van der Waals surface area contributed by atoms with Crippen molar-refractivity contribution in [3.63, 3.8) is 0 Å². The summed E-state index contributed by atoms with van der Waals surface area (Å²) in [5.41, 5.74) is 0.913. The Balaban J connectivity index is 1.57. The van der Waals surface area contributed by atoms with E-state index < -0.39 is 15.9 Å². The number of carbonyl (C=O) groups excluding carboxylic acids is 1. The second-order valence-corrected chi connectivity index (χ2v) is 10.7. The van der Waals surface area contributed by atoms with Gasteiger partial charge in [-0.25, -0.2) is 18.1 Å². The molecule has 0 aliphatic heterocycles. The van der Waals surface area contributed by atoms with Crippen LogP contribution in [0.1, 0.15) is 16.2 Å². The normalized spacial score (nSPS) is 11.6. The van der Waals surface area contributed by atoms with Crippen molar-refractivity contribution in [2.45, 2.75) is 11.1 Å².